The molecule has 0 fully saturated rings. The average molecular weight is 264 g/mol. The Balaban J connectivity index is 2.44. The number of benzene rings is 2. The monoisotopic (exact) mass is 264 g/mol. The third-order valence-electron chi connectivity index (χ3n) is 3.49. The molecule has 104 valence electrons. The largest absolute Gasteiger partial charge is 0.0651 e. The second-order valence-corrected chi connectivity index (χ2v) is 5.67. The van der Waals surface area contributed by atoms with Gasteiger partial charge in [0.2, 0.25) is 0 Å². The summed E-state index contributed by atoms with van der Waals surface area (Å²) in [5.74, 6) is 0. The quantitative estimate of drug-likeness (QED) is 0.671. The third-order valence-corrected chi connectivity index (χ3v) is 3.49. The first-order valence-corrected chi connectivity index (χ1v) is 7.68. The van der Waals surface area contributed by atoms with Crippen LogP contribution in [0.25, 0.3) is 11.1 Å². The fourth-order valence-electron chi connectivity index (χ4n) is 2.74. The van der Waals surface area contributed by atoms with Gasteiger partial charge in [-0.1, -0.05) is 51.0 Å². The van der Waals surface area contributed by atoms with Crippen molar-refractivity contribution >= 4 is 0 Å². The maximum Gasteiger partial charge on any atom is -0.00668 e. The molecule has 2 rings (SSSR count). The van der Waals surface area contributed by atoms with E-state index in [4.69, 9.17) is 0 Å². The number of hydrogen-bond donors (Lipinski definition) is 0. The summed E-state index contributed by atoms with van der Waals surface area (Å²) in [6, 6.07) is 16.0. The first-order chi connectivity index (χ1) is 9.62. The van der Waals surface area contributed by atoms with Crippen LogP contribution < -0.4 is 0 Å². The van der Waals surface area contributed by atoms with Crippen molar-refractivity contribution in [1.29, 1.82) is 0 Å². The Morgan fingerprint density at radius 3 is 1.45 bits per heavy atom. The van der Waals surface area contributed by atoms with Crippen LogP contribution in [0.1, 0.15) is 48.9 Å². The van der Waals surface area contributed by atoms with Gasteiger partial charge in [0.25, 0.3) is 0 Å². The molecule has 2 aromatic carbocycles. The molecule has 0 heteroatoms. The van der Waals surface area contributed by atoms with Gasteiger partial charge in [0.1, 0.15) is 0 Å². The van der Waals surface area contributed by atoms with Gasteiger partial charge < -0.3 is 0 Å². The smallest absolute Gasteiger partial charge is 0.00668 e. The van der Waals surface area contributed by atoms with Gasteiger partial charge in [-0.15, -0.1) is 0 Å². The van der Waals surface area contributed by atoms with Gasteiger partial charge in [0.15, 0.2) is 0 Å². The lowest BCUT2D eigenvalue weighted by Crippen LogP contribution is -1.91. The molecule has 0 N–H and O–H groups in total. The zero-order chi connectivity index (χ0) is 14.5. The van der Waals surface area contributed by atoms with Crippen molar-refractivity contribution in [2.75, 3.05) is 0 Å². The van der Waals surface area contributed by atoms with E-state index in [0.29, 0.717) is 0 Å². The second kappa shape index (κ2) is 6.74. The molecule has 0 aliphatic carbocycles. The molecule has 2 radical (unpaired) electrons. The Morgan fingerprint density at radius 2 is 1.10 bits per heavy atom. The molecule has 0 aliphatic rings. The van der Waals surface area contributed by atoms with Crippen molar-refractivity contribution in [2.24, 2.45) is 0 Å². The van der Waals surface area contributed by atoms with Crippen LogP contribution in [0.5, 0.6) is 0 Å². The van der Waals surface area contributed by atoms with Crippen molar-refractivity contribution in [3.8, 4) is 11.1 Å². The minimum atomic E-state index is 1.14. The lowest BCUT2D eigenvalue weighted by atomic mass is 9.95. The summed E-state index contributed by atoms with van der Waals surface area (Å²) < 4.78 is 0. The molecular formula is C20H24. The normalized spacial score (nSPS) is 10.8. The highest BCUT2D eigenvalue weighted by atomic mass is 14.1. The first kappa shape index (κ1) is 14.8. The van der Waals surface area contributed by atoms with Gasteiger partial charge >= 0.3 is 0 Å². The molecule has 0 aromatic heterocycles. The number of hydrogen-bond acceptors (Lipinski definition) is 0. The minimum absolute atomic E-state index is 1.14. The van der Waals surface area contributed by atoms with Gasteiger partial charge in [-0.3, -0.25) is 0 Å². The predicted octanol–water partition coefficient (Wildman–Crippen LogP) is 5.48. The van der Waals surface area contributed by atoms with E-state index in [9.17, 15) is 0 Å². The first-order valence-electron chi connectivity index (χ1n) is 7.68. The van der Waals surface area contributed by atoms with Crippen molar-refractivity contribution in [3.63, 3.8) is 0 Å². The lowest BCUT2D eigenvalue weighted by Gasteiger charge is -2.10. The van der Waals surface area contributed by atoms with Crippen LogP contribution in [-0.4, -0.2) is 0 Å². The van der Waals surface area contributed by atoms with E-state index in [0.717, 1.165) is 12.8 Å². The number of aryl methyl sites for hydroxylation is 4. The number of rotatable bonds is 5. The maximum atomic E-state index is 3.49. The molecule has 0 bridgehead atoms. The maximum absolute atomic E-state index is 3.49. The van der Waals surface area contributed by atoms with Crippen LogP contribution in [0.3, 0.4) is 0 Å². The topological polar surface area (TPSA) is 0 Å². The molecule has 0 saturated carbocycles. The Bertz CT molecular complexity index is 525. The second-order valence-electron chi connectivity index (χ2n) is 5.67. The molecule has 0 heterocycles. The Hall–Kier alpha value is -1.56. The van der Waals surface area contributed by atoms with Crippen molar-refractivity contribution in [1.82, 2.24) is 0 Å². The summed E-state index contributed by atoms with van der Waals surface area (Å²) >= 11 is 0. The van der Waals surface area contributed by atoms with Crippen LogP contribution in [0, 0.1) is 26.0 Å². The SMILES string of the molecule is CCCc1cc(C)[c]c(-c2[c]c(C)cc(CCC)c2)c1. The Labute approximate surface area is 123 Å². The van der Waals surface area contributed by atoms with Gasteiger partial charge in [-0.2, -0.15) is 0 Å². The van der Waals surface area contributed by atoms with Crippen LogP contribution in [0.4, 0.5) is 0 Å². The van der Waals surface area contributed by atoms with Crippen LogP contribution in [0.15, 0.2) is 24.3 Å². The molecule has 0 spiro atoms. The highest BCUT2D eigenvalue weighted by Gasteiger charge is 2.05. The average Bonchev–Trinajstić information content (AvgIpc) is 2.38. The van der Waals surface area contributed by atoms with Gasteiger partial charge in [0.05, 0.1) is 0 Å². The van der Waals surface area contributed by atoms with E-state index in [1.54, 1.807) is 0 Å². The van der Waals surface area contributed by atoms with E-state index in [-0.39, 0.29) is 0 Å². The van der Waals surface area contributed by atoms with Gasteiger partial charge in [0, 0.05) is 0 Å². The lowest BCUT2D eigenvalue weighted by molar-refractivity contribution is 0.918. The molecular weight excluding hydrogens is 240 g/mol. The molecule has 0 atom stereocenters. The molecule has 2 aromatic rings. The zero-order valence-electron chi connectivity index (χ0n) is 13.1. The summed E-state index contributed by atoms with van der Waals surface area (Å²) in [7, 11) is 0. The van der Waals surface area contributed by atoms with Crippen molar-refractivity contribution < 1.29 is 0 Å². The van der Waals surface area contributed by atoms with Crippen LogP contribution >= 0.6 is 0 Å². The fraction of sp³-hybridized carbons (Fsp3) is 0.400. The van der Waals surface area contributed by atoms with E-state index in [2.05, 4.69) is 64.1 Å². The van der Waals surface area contributed by atoms with E-state index in [1.807, 2.05) is 0 Å². The Morgan fingerprint density at radius 1 is 0.700 bits per heavy atom. The summed E-state index contributed by atoms with van der Waals surface area (Å²) in [5, 5.41) is 0. The summed E-state index contributed by atoms with van der Waals surface area (Å²) in [6.07, 6.45) is 4.63. The van der Waals surface area contributed by atoms with Gasteiger partial charge in [-0.05, 0) is 72.2 Å². The summed E-state index contributed by atoms with van der Waals surface area (Å²) in [4.78, 5) is 0. The predicted molar refractivity (Wildman–Crippen MR) is 87.0 cm³/mol. The standard InChI is InChI=1S/C20H24/c1-5-7-17-9-15(3)11-19(13-17)20-12-16(4)10-18(14-20)8-6-2/h9-10,13-14H,5-8H2,1-4H3. The molecule has 0 aliphatic heterocycles. The highest BCUT2D eigenvalue weighted by molar-refractivity contribution is 5.65. The minimum Gasteiger partial charge on any atom is -0.0651 e. The van der Waals surface area contributed by atoms with Crippen molar-refractivity contribution in [3.05, 3.63) is 58.7 Å². The molecule has 20 heavy (non-hydrogen) atoms. The fourth-order valence-corrected chi connectivity index (χ4v) is 2.74. The van der Waals surface area contributed by atoms with E-state index in [1.165, 1.54) is 46.2 Å². The van der Waals surface area contributed by atoms with E-state index >= 15 is 0 Å². The molecule has 0 nitrogen and oxygen atoms in total. The third kappa shape index (κ3) is 3.72. The molecule has 0 amide bonds. The zero-order valence-corrected chi connectivity index (χ0v) is 13.1. The Kier molecular flexibility index (Phi) is 5.00. The summed E-state index contributed by atoms with van der Waals surface area (Å²) in [5.41, 5.74) is 7.64. The molecule has 0 saturated heterocycles. The highest BCUT2D eigenvalue weighted by Crippen LogP contribution is 2.25. The summed E-state index contributed by atoms with van der Waals surface area (Å²) in [6.45, 7) is 8.71. The van der Waals surface area contributed by atoms with E-state index < -0.39 is 0 Å². The van der Waals surface area contributed by atoms with Crippen molar-refractivity contribution in [2.45, 2.75) is 53.4 Å². The van der Waals surface area contributed by atoms with Crippen LogP contribution in [-0.2, 0) is 12.8 Å². The van der Waals surface area contributed by atoms with Gasteiger partial charge in [-0.25, -0.2) is 0 Å². The molecule has 0 unspecified atom stereocenters. The van der Waals surface area contributed by atoms with Crippen LogP contribution in [0.2, 0.25) is 0 Å².